The van der Waals surface area contributed by atoms with Crippen molar-refractivity contribution in [2.75, 3.05) is 13.2 Å². The summed E-state index contributed by atoms with van der Waals surface area (Å²) in [5.74, 6) is 0.662. The normalized spacial score (nSPS) is 18.9. The van der Waals surface area contributed by atoms with Gasteiger partial charge in [0, 0.05) is 17.5 Å². The lowest BCUT2D eigenvalue weighted by Crippen LogP contribution is -2.27. The van der Waals surface area contributed by atoms with Crippen LogP contribution < -0.4 is 10.1 Å². The Morgan fingerprint density at radius 1 is 1.21 bits per heavy atom. The fourth-order valence-electron chi connectivity index (χ4n) is 2.74. The van der Waals surface area contributed by atoms with E-state index in [0.29, 0.717) is 25.3 Å². The van der Waals surface area contributed by atoms with Gasteiger partial charge in [0.15, 0.2) is 0 Å². The Hall–Kier alpha value is -2.07. The van der Waals surface area contributed by atoms with Gasteiger partial charge in [-0.3, -0.25) is 4.79 Å². The second-order valence-corrected chi connectivity index (χ2v) is 6.32. The molecule has 2 aromatic carbocycles. The molecule has 0 bridgehead atoms. The molecule has 0 saturated heterocycles. The standard InChI is InChI=1S/C19H19ClFNO2/c20-18-5-2-1-4-15(18)16-12-17(16)19(23)22-10-3-11-24-14-8-6-13(21)7-9-14/h1-2,4-9,16-17H,3,10-12H2,(H,22,23). The third-order valence-electron chi connectivity index (χ3n) is 4.13. The molecule has 0 aromatic heterocycles. The van der Waals surface area contributed by atoms with Crippen molar-refractivity contribution in [3.63, 3.8) is 0 Å². The molecule has 2 atom stereocenters. The van der Waals surface area contributed by atoms with Gasteiger partial charge < -0.3 is 10.1 Å². The number of nitrogens with one attached hydrogen (secondary N) is 1. The fourth-order valence-corrected chi connectivity index (χ4v) is 3.02. The summed E-state index contributed by atoms with van der Waals surface area (Å²) in [7, 11) is 0. The van der Waals surface area contributed by atoms with Crippen LogP contribution in [0.4, 0.5) is 4.39 Å². The number of amides is 1. The summed E-state index contributed by atoms with van der Waals surface area (Å²) in [5.41, 5.74) is 1.05. The Bertz CT molecular complexity index is 705. The summed E-state index contributed by atoms with van der Waals surface area (Å²) in [4.78, 5) is 12.1. The Kier molecular flexibility index (Phi) is 5.36. The summed E-state index contributed by atoms with van der Waals surface area (Å²) >= 11 is 6.17. The molecular formula is C19H19ClFNO2. The van der Waals surface area contributed by atoms with Crippen LogP contribution in [-0.2, 0) is 4.79 Å². The quantitative estimate of drug-likeness (QED) is 0.763. The van der Waals surface area contributed by atoms with Gasteiger partial charge in [0.1, 0.15) is 11.6 Å². The Balaban J connectivity index is 1.35. The number of hydrogen-bond acceptors (Lipinski definition) is 2. The predicted molar refractivity (Wildman–Crippen MR) is 91.8 cm³/mol. The first-order chi connectivity index (χ1) is 11.6. The lowest BCUT2D eigenvalue weighted by Gasteiger charge is -2.08. The predicted octanol–water partition coefficient (Wildman–Crippen LogP) is 4.17. The van der Waals surface area contributed by atoms with E-state index in [1.54, 1.807) is 12.1 Å². The smallest absolute Gasteiger partial charge is 0.223 e. The molecule has 1 saturated carbocycles. The Morgan fingerprint density at radius 3 is 2.71 bits per heavy atom. The molecule has 1 aliphatic rings. The molecule has 1 fully saturated rings. The molecule has 2 aromatic rings. The summed E-state index contributed by atoms with van der Waals surface area (Å²) < 4.78 is 18.3. The van der Waals surface area contributed by atoms with Crippen LogP contribution in [0.1, 0.15) is 24.3 Å². The highest BCUT2D eigenvalue weighted by Crippen LogP contribution is 2.49. The van der Waals surface area contributed by atoms with Crippen molar-refractivity contribution in [3.05, 3.63) is 64.9 Å². The molecule has 0 spiro atoms. The van der Waals surface area contributed by atoms with Crippen LogP contribution in [0.3, 0.4) is 0 Å². The summed E-state index contributed by atoms with van der Waals surface area (Å²) in [6, 6.07) is 13.6. The van der Waals surface area contributed by atoms with E-state index in [9.17, 15) is 9.18 Å². The average Bonchev–Trinajstić information content (AvgIpc) is 3.37. The van der Waals surface area contributed by atoms with Gasteiger partial charge in [0.05, 0.1) is 6.61 Å². The van der Waals surface area contributed by atoms with E-state index in [1.807, 2.05) is 24.3 Å². The first-order valence-electron chi connectivity index (χ1n) is 8.05. The summed E-state index contributed by atoms with van der Waals surface area (Å²) in [6.07, 6.45) is 1.55. The van der Waals surface area contributed by atoms with Crippen LogP contribution in [0.5, 0.6) is 5.75 Å². The van der Waals surface area contributed by atoms with Crippen LogP contribution in [0.25, 0.3) is 0 Å². The molecule has 3 nitrogen and oxygen atoms in total. The van der Waals surface area contributed by atoms with Gasteiger partial charge in [0.2, 0.25) is 5.91 Å². The number of carbonyl (C=O) groups is 1. The second kappa shape index (κ2) is 7.67. The van der Waals surface area contributed by atoms with Crippen molar-refractivity contribution in [2.45, 2.75) is 18.8 Å². The molecule has 1 N–H and O–H groups in total. The van der Waals surface area contributed by atoms with Crippen LogP contribution >= 0.6 is 11.6 Å². The maximum absolute atomic E-state index is 12.8. The van der Waals surface area contributed by atoms with Crippen LogP contribution in [0.15, 0.2) is 48.5 Å². The van der Waals surface area contributed by atoms with Gasteiger partial charge >= 0.3 is 0 Å². The van der Waals surface area contributed by atoms with E-state index in [0.717, 1.165) is 17.0 Å². The molecule has 5 heteroatoms. The van der Waals surface area contributed by atoms with Gasteiger partial charge in [-0.1, -0.05) is 29.8 Å². The molecule has 0 aliphatic heterocycles. The lowest BCUT2D eigenvalue weighted by molar-refractivity contribution is -0.122. The van der Waals surface area contributed by atoms with Crippen molar-refractivity contribution in [1.29, 1.82) is 0 Å². The van der Waals surface area contributed by atoms with E-state index in [4.69, 9.17) is 16.3 Å². The zero-order valence-corrected chi connectivity index (χ0v) is 13.9. The molecule has 24 heavy (non-hydrogen) atoms. The van der Waals surface area contributed by atoms with Crippen LogP contribution in [-0.4, -0.2) is 19.1 Å². The number of halogens is 2. The van der Waals surface area contributed by atoms with Gasteiger partial charge in [-0.05, 0) is 54.7 Å². The van der Waals surface area contributed by atoms with Gasteiger partial charge in [-0.15, -0.1) is 0 Å². The SMILES string of the molecule is O=C(NCCCOc1ccc(F)cc1)C1CC1c1ccccc1Cl. The monoisotopic (exact) mass is 347 g/mol. The number of carbonyl (C=O) groups excluding carboxylic acids is 1. The van der Waals surface area contributed by atoms with Gasteiger partial charge in [0.25, 0.3) is 0 Å². The third kappa shape index (κ3) is 4.26. The maximum Gasteiger partial charge on any atom is 0.223 e. The van der Waals surface area contributed by atoms with E-state index in [-0.39, 0.29) is 23.6 Å². The average molecular weight is 348 g/mol. The molecule has 1 amide bonds. The Morgan fingerprint density at radius 2 is 1.96 bits per heavy atom. The van der Waals surface area contributed by atoms with Gasteiger partial charge in [-0.2, -0.15) is 0 Å². The minimum Gasteiger partial charge on any atom is -0.494 e. The number of rotatable bonds is 7. The lowest BCUT2D eigenvalue weighted by atomic mass is 10.1. The molecule has 2 unspecified atom stereocenters. The highest BCUT2D eigenvalue weighted by atomic mass is 35.5. The highest BCUT2D eigenvalue weighted by molar-refractivity contribution is 6.31. The van der Waals surface area contributed by atoms with E-state index >= 15 is 0 Å². The molecule has 0 radical (unpaired) electrons. The largest absolute Gasteiger partial charge is 0.494 e. The van der Waals surface area contributed by atoms with Gasteiger partial charge in [-0.25, -0.2) is 4.39 Å². The number of hydrogen-bond donors (Lipinski definition) is 1. The minimum atomic E-state index is -0.285. The van der Waals surface area contributed by atoms with Crippen LogP contribution in [0, 0.1) is 11.7 Å². The van der Waals surface area contributed by atoms with Crippen molar-refractivity contribution in [2.24, 2.45) is 5.92 Å². The molecular weight excluding hydrogens is 329 g/mol. The molecule has 126 valence electrons. The van der Waals surface area contributed by atoms with Crippen LogP contribution in [0.2, 0.25) is 5.02 Å². The first kappa shape index (κ1) is 16.8. The highest BCUT2D eigenvalue weighted by Gasteiger charge is 2.44. The third-order valence-corrected chi connectivity index (χ3v) is 4.48. The van der Waals surface area contributed by atoms with E-state index in [2.05, 4.69) is 5.32 Å². The molecule has 1 aliphatic carbocycles. The molecule has 0 heterocycles. The topological polar surface area (TPSA) is 38.3 Å². The van der Waals surface area contributed by atoms with E-state index < -0.39 is 0 Å². The van der Waals surface area contributed by atoms with Crippen molar-refractivity contribution in [1.82, 2.24) is 5.32 Å². The Labute approximate surface area is 145 Å². The number of ether oxygens (including phenoxy) is 1. The van der Waals surface area contributed by atoms with Crippen molar-refractivity contribution >= 4 is 17.5 Å². The fraction of sp³-hybridized carbons (Fsp3) is 0.316. The first-order valence-corrected chi connectivity index (χ1v) is 8.43. The van der Waals surface area contributed by atoms with Crippen molar-refractivity contribution < 1.29 is 13.9 Å². The number of benzene rings is 2. The summed E-state index contributed by atoms with van der Waals surface area (Å²) in [5, 5.41) is 3.66. The second-order valence-electron chi connectivity index (χ2n) is 5.92. The van der Waals surface area contributed by atoms with E-state index in [1.165, 1.54) is 12.1 Å². The minimum absolute atomic E-state index is 0.0166. The zero-order valence-electron chi connectivity index (χ0n) is 13.2. The maximum atomic E-state index is 12.8. The summed E-state index contributed by atoms with van der Waals surface area (Å²) in [6.45, 7) is 1.04. The zero-order chi connectivity index (χ0) is 16.9. The van der Waals surface area contributed by atoms with Crippen molar-refractivity contribution in [3.8, 4) is 5.75 Å². The molecule has 3 rings (SSSR count).